The molecule has 3 N–H and O–H groups in total. The molecule has 1 atom stereocenters. The molecule has 2 rings (SSSR count). The Bertz CT molecular complexity index is 435. The fraction of sp³-hybridized carbons (Fsp3) is 0.333. The van der Waals surface area contributed by atoms with E-state index in [1.807, 2.05) is 6.08 Å². The van der Waals surface area contributed by atoms with E-state index in [1.165, 1.54) is 13.2 Å². The SMILES string of the molecule is COc1cccc(F)c1C(NN)C1=CCCO1. The van der Waals surface area contributed by atoms with Gasteiger partial charge in [-0.2, -0.15) is 0 Å². The summed E-state index contributed by atoms with van der Waals surface area (Å²) < 4.78 is 24.4. The van der Waals surface area contributed by atoms with Crippen molar-refractivity contribution in [3.05, 3.63) is 41.4 Å². The first-order valence-corrected chi connectivity index (χ1v) is 5.39. The molecule has 17 heavy (non-hydrogen) atoms. The largest absolute Gasteiger partial charge is 0.496 e. The molecule has 1 aromatic rings. The van der Waals surface area contributed by atoms with Gasteiger partial charge in [0.2, 0.25) is 0 Å². The van der Waals surface area contributed by atoms with E-state index in [1.54, 1.807) is 12.1 Å². The maximum Gasteiger partial charge on any atom is 0.132 e. The smallest absolute Gasteiger partial charge is 0.132 e. The predicted octanol–water partition coefficient (Wildman–Crippen LogP) is 1.64. The molecular formula is C12H15FN2O2. The lowest BCUT2D eigenvalue weighted by molar-refractivity contribution is 0.213. The lowest BCUT2D eigenvalue weighted by atomic mass is 10.0. The molecule has 0 spiro atoms. The molecule has 0 aliphatic carbocycles. The van der Waals surface area contributed by atoms with E-state index < -0.39 is 6.04 Å². The lowest BCUT2D eigenvalue weighted by Gasteiger charge is -2.20. The normalized spacial score (nSPS) is 16.3. The Morgan fingerprint density at radius 2 is 2.35 bits per heavy atom. The van der Waals surface area contributed by atoms with E-state index in [-0.39, 0.29) is 5.82 Å². The van der Waals surface area contributed by atoms with Crippen LogP contribution in [0, 0.1) is 5.82 Å². The number of rotatable bonds is 4. The highest BCUT2D eigenvalue weighted by molar-refractivity contribution is 5.40. The van der Waals surface area contributed by atoms with Crippen molar-refractivity contribution in [2.24, 2.45) is 5.84 Å². The fourth-order valence-corrected chi connectivity index (χ4v) is 1.92. The molecule has 5 heteroatoms. The number of benzene rings is 1. The molecule has 1 aliphatic heterocycles. The number of hydrazine groups is 1. The van der Waals surface area contributed by atoms with Gasteiger partial charge < -0.3 is 9.47 Å². The first kappa shape index (κ1) is 11.9. The van der Waals surface area contributed by atoms with Gasteiger partial charge in [-0.3, -0.25) is 5.84 Å². The Kier molecular flexibility index (Phi) is 3.61. The van der Waals surface area contributed by atoms with Crippen LogP contribution in [0.3, 0.4) is 0 Å². The minimum Gasteiger partial charge on any atom is -0.496 e. The molecule has 0 saturated carbocycles. The fourth-order valence-electron chi connectivity index (χ4n) is 1.92. The van der Waals surface area contributed by atoms with Crippen molar-refractivity contribution in [2.75, 3.05) is 13.7 Å². The van der Waals surface area contributed by atoms with E-state index in [0.717, 1.165) is 6.42 Å². The highest BCUT2D eigenvalue weighted by Crippen LogP contribution is 2.33. The summed E-state index contributed by atoms with van der Waals surface area (Å²) >= 11 is 0. The first-order chi connectivity index (χ1) is 8.27. The van der Waals surface area contributed by atoms with E-state index in [0.29, 0.717) is 23.7 Å². The van der Waals surface area contributed by atoms with Gasteiger partial charge >= 0.3 is 0 Å². The molecular weight excluding hydrogens is 223 g/mol. The maximum absolute atomic E-state index is 13.9. The predicted molar refractivity (Wildman–Crippen MR) is 61.7 cm³/mol. The lowest BCUT2D eigenvalue weighted by Crippen LogP contribution is -2.30. The van der Waals surface area contributed by atoms with Gasteiger partial charge in [0.05, 0.1) is 19.3 Å². The zero-order valence-electron chi connectivity index (χ0n) is 9.57. The summed E-state index contributed by atoms with van der Waals surface area (Å²) in [7, 11) is 1.50. The van der Waals surface area contributed by atoms with Crippen LogP contribution in [0.2, 0.25) is 0 Å². The molecule has 0 bridgehead atoms. The Hall–Kier alpha value is -1.59. The number of nitrogens with one attached hydrogen (secondary N) is 1. The summed E-state index contributed by atoms with van der Waals surface area (Å²) in [5, 5.41) is 0. The Labute approximate surface area is 99.2 Å². The maximum atomic E-state index is 13.9. The van der Waals surface area contributed by atoms with Gasteiger partial charge in [-0.25, -0.2) is 9.82 Å². The molecule has 0 amide bonds. The van der Waals surface area contributed by atoms with Gasteiger partial charge in [0.15, 0.2) is 0 Å². The van der Waals surface area contributed by atoms with Crippen molar-refractivity contribution in [3.8, 4) is 5.75 Å². The second-order valence-electron chi connectivity index (χ2n) is 3.70. The summed E-state index contributed by atoms with van der Waals surface area (Å²) in [5.41, 5.74) is 2.93. The third-order valence-corrected chi connectivity index (χ3v) is 2.70. The van der Waals surface area contributed by atoms with Crippen LogP contribution in [-0.4, -0.2) is 13.7 Å². The first-order valence-electron chi connectivity index (χ1n) is 5.39. The second-order valence-corrected chi connectivity index (χ2v) is 3.70. The van der Waals surface area contributed by atoms with Gasteiger partial charge in [-0.15, -0.1) is 0 Å². The molecule has 0 fully saturated rings. The van der Waals surface area contributed by atoms with Crippen LogP contribution >= 0.6 is 0 Å². The highest BCUT2D eigenvalue weighted by atomic mass is 19.1. The standard InChI is InChI=1S/C12H15FN2O2/c1-16-9-5-2-4-8(13)11(9)12(15-14)10-6-3-7-17-10/h2,4-6,12,15H,3,7,14H2,1H3. The molecule has 1 aliphatic rings. The van der Waals surface area contributed by atoms with Crippen LogP contribution in [0.15, 0.2) is 30.0 Å². The Morgan fingerprint density at radius 1 is 1.53 bits per heavy atom. The molecule has 4 nitrogen and oxygen atoms in total. The van der Waals surface area contributed by atoms with Crippen LogP contribution in [0.5, 0.6) is 5.75 Å². The van der Waals surface area contributed by atoms with Crippen molar-refractivity contribution < 1.29 is 13.9 Å². The topological polar surface area (TPSA) is 56.5 Å². The zero-order chi connectivity index (χ0) is 12.3. The summed E-state index contributed by atoms with van der Waals surface area (Å²) in [6.07, 6.45) is 2.71. The molecule has 1 heterocycles. The zero-order valence-corrected chi connectivity index (χ0v) is 9.57. The highest BCUT2D eigenvalue weighted by Gasteiger charge is 2.25. The van der Waals surface area contributed by atoms with Crippen molar-refractivity contribution in [1.29, 1.82) is 0 Å². The van der Waals surface area contributed by atoms with Gasteiger partial charge in [0.1, 0.15) is 23.4 Å². The van der Waals surface area contributed by atoms with Gasteiger partial charge in [-0.05, 0) is 18.2 Å². The van der Waals surface area contributed by atoms with Crippen LogP contribution in [0.1, 0.15) is 18.0 Å². The molecule has 0 radical (unpaired) electrons. The van der Waals surface area contributed by atoms with Crippen molar-refractivity contribution in [3.63, 3.8) is 0 Å². The molecule has 1 unspecified atom stereocenters. The minimum atomic E-state index is -0.520. The van der Waals surface area contributed by atoms with E-state index in [2.05, 4.69) is 5.43 Å². The average molecular weight is 238 g/mol. The number of hydrogen-bond donors (Lipinski definition) is 2. The van der Waals surface area contributed by atoms with Gasteiger partial charge in [0.25, 0.3) is 0 Å². The third-order valence-electron chi connectivity index (χ3n) is 2.70. The second kappa shape index (κ2) is 5.16. The molecule has 1 aromatic carbocycles. The Balaban J connectivity index is 2.42. The summed E-state index contributed by atoms with van der Waals surface area (Å²) in [6, 6.07) is 4.14. The quantitative estimate of drug-likeness (QED) is 0.618. The average Bonchev–Trinajstić information content (AvgIpc) is 2.86. The number of hydrogen-bond acceptors (Lipinski definition) is 4. The van der Waals surface area contributed by atoms with E-state index in [9.17, 15) is 4.39 Å². The number of halogens is 1. The number of methoxy groups -OCH3 is 1. The van der Waals surface area contributed by atoms with Gasteiger partial charge in [0, 0.05) is 6.42 Å². The summed E-state index contributed by atoms with van der Waals surface area (Å²) in [4.78, 5) is 0. The summed E-state index contributed by atoms with van der Waals surface area (Å²) in [5.74, 6) is 6.20. The van der Waals surface area contributed by atoms with Crippen LogP contribution in [-0.2, 0) is 4.74 Å². The van der Waals surface area contributed by atoms with Crippen molar-refractivity contribution in [1.82, 2.24) is 5.43 Å². The molecule has 0 saturated heterocycles. The Morgan fingerprint density at radius 3 is 2.94 bits per heavy atom. The van der Waals surface area contributed by atoms with Crippen LogP contribution in [0.25, 0.3) is 0 Å². The number of ether oxygens (including phenoxy) is 2. The van der Waals surface area contributed by atoms with E-state index in [4.69, 9.17) is 15.3 Å². The van der Waals surface area contributed by atoms with Crippen molar-refractivity contribution >= 4 is 0 Å². The summed E-state index contributed by atoms with van der Waals surface area (Å²) in [6.45, 7) is 0.601. The minimum absolute atomic E-state index is 0.366. The number of nitrogens with two attached hydrogens (primary N) is 1. The molecule has 92 valence electrons. The van der Waals surface area contributed by atoms with Crippen molar-refractivity contribution in [2.45, 2.75) is 12.5 Å². The van der Waals surface area contributed by atoms with Crippen LogP contribution in [0.4, 0.5) is 4.39 Å². The molecule has 0 aromatic heterocycles. The monoisotopic (exact) mass is 238 g/mol. The van der Waals surface area contributed by atoms with Crippen LogP contribution < -0.4 is 16.0 Å². The van der Waals surface area contributed by atoms with E-state index >= 15 is 0 Å². The third kappa shape index (κ3) is 2.25. The van der Waals surface area contributed by atoms with Gasteiger partial charge in [-0.1, -0.05) is 6.07 Å².